The molecule has 21 heavy (non-hydrogen) atoms. The third kappa shape index (κ3) is 4.91. The summed E-state index contributed by atoms with van der Waals surface area (Å²) in [7, 11) is 0. The van der Waals surface area contributed by atoms with Crippen LogP contribution >= 0.6 is 0 Å². The van der Waals surface area contributed by atoms with Crippen LogP contribution in [0.1, 0.15) is 46.5 Å². The van der Waals surface area contributed by atoms with Crippen molar-refractivity contribution in [3.05, 3.63) is 0 Å². The number of carbonyl (C=O) groups is 3. The van der Waals surface area contributed by atoms with Crippen LogP contribution in [0, 0.1) is 0 Å². The molecule has 1 aliphatic rings. The number of urea groups is 1. The van der Waals surface area contributed by atoms with Crippen molar-refractivity contribution in [3.63, 3.8) is 0 Å². The number of amides is 3. The van der Waals surface area contributed by atoms with Crippen molar-refractivity contribution in [2.24, 2.45) is 0 Å². The molecule has 0 aromatic carbocycles. The summed E-state index contributed by atoms with van der Waals surface area (Å²) in [5.74, 6) is -1.42. The van der Waals surface area contributed by atoms with Crippen LogP contribution in [0.2, 0.25) is 0 Å². The van der Waals surface area contributed by atoms with Crippen LogP contribution in [0.5, 0.6) is 0 Å². The summed E-state index contributed by atoms with van der Waals surface area (Å²) in [6.45, 7) is 6.08. The fraction of sp³-hybridized carbons (Fsp3) is 0.786. The molecule has 0 aromatic heterocycles. The summed E-state index contributed by atoms with van der Waals surface area (Å²) in [4.78, 5) is 36.9. The predicted octanol–water partition coefficient (Wildman–Crippen LogP) is 0.938. The van der Waals surface area contributed by atoms with Crippen molar-refractivity contribution in [2.75, 3.05) is 6.54 Å². The number of hydrogen-bond donors (Lipinski definition) is 3. The van der Waals surface area contributed by atoms with E-state index in [1.165, 1.54) is 4.90 Å². The lowest BCUT2D eigenvalue weighted by Crippen LogP contribution is -2.53. The Morgan fingerprint density at radius 3 is 2.48 bits per heavy atom. The van der Waals surface area contributed by atoms with Crippen LogP contribution in [0.15, 0.2) is 0 Å². The topological polar surface area (TPSA) is 98.7 Å². The molecule has 7 heteroatoms. The van der Waals surface area contributed by atoms with Crippen molar-refractivity contribution < 1.29 is 19.5 Å². The second-order valence-corrected chi connectivity index (χ2v) is 5.64. The number of carboxylic acids is 1. The highest BCUT2D eigenvalue weighted by atomic mass is 16.4. The Labute approximate surface area is 125 Å². The number of carbonyl (C=O) groups excluding carboxylic acids is 2. The second kappa shape index (κ2) is 7.85. The van der Waals surface area contributed by atoms with E-state index in [9.17, 15) is 14.4 Å². The van der Waals surface area contributed by atoms with Gasteiger partial charge in [0, 0.05) is 12.6 Å². The molecule has 1 aliphatic heterocycles. The van der Waals surface area contributed by atoms with Gasteiger partial charge in [-0.05, 0) is 33.1 Å². The number of nitrogens with zero attached hydrogens (tertiary/aromatic N) is 1. The molecule has 1 fully saturated rings. The van der Waals surface area contributed by atoms with E-state index in [-0.39, 0.29) is 18.0 Å². The quantitative estimate of drug-likeness (QED) is 0.679. The number of likely N-dealkylation sites (tertiary alicyclic amines) is 1. The fourth-order valence-corrected chi connectivity index (χ4v) is 2.43. The van der Waals surface area contributed by atoms with Gasteiger partial charge in [0.1, 0.15) is 12.1 Å². The maximum Gasteiger partial charge on any atom is 0.326 e. The minimum Gasteiger partial charge on any atom is -0.480 e. The van der Waals surface area contributed by atoms with Gasteiger partial charge in [-0.2, -0.15) is 0 Å². The first kappa shape index (κ1) is 17.3. The molecule has 0 radical (unpaired) electrons. The zero-order chi connectivity index (χ0) is 16.0. The van der Waals surface area contributed by atoms with Gasteiger partial charge in [-0.25, -0.2) is 9.59 Å². The van der Waals surface area contributed by atoms with Gasteiger partial charge in [0.05, 0.1) is 0 Å². The zero-order valence-corrected chi connectivity index (χ0v) is 12.9. The minimum atomic E-state index is -1.04. The Kier molecular flexibility index (Phi) is 6.45. The van der Waals surface area contributed by atoms with Crippen molar-refractivity contribution in [1.82, 2.24) is 15.5 Å². The van der Waals surface area contributed by atoms with Crippen molar-refractivity contribution in [3.8, 4) is 0 Å². The van der Waals surface area contributed by atoms with Gasteiger partial charge >= 0.3 is 12.0 Å². The minimum absolute atomic E-state index is 0.00586. The smallest absolute Gasteiger partial charge is 0.326 e. The van der Waals surface area contributed by atoms with Gasteiger partial charge in [0.2, 0.25) is 5.91 Å². The second-order valence-electron chi connectivity index (χ2n) is 5.64. The van der Waals surface area contributed by atoms with Crippen molar-refractivity contribution in [2.45, 2.75) is 64.6 Å². The Morgan fingerprint density at radius 2 is 1.95 bits per heavy atom. The molecule has 0 saturated carbocycles. The van der Waals surface area contributed by atoms with Crippen LogP contribution in [-0.4, -0.2) is 52.6 Å². The summed E-state index contributed by atoms with van der Waals surface area (Å²) in [5.41, 5.74) is 0. The lowest BCUT2D eigenvalue weighted by atomic mass is 10.1. The number of nitrogens with one attached hydrogen (secondary N) is 2. The summed E-state index contributed by atoms with van der Waals surface area (Å²) < 4.78 is 0. The first-order valence-corrected chi connectivity index (χ1v) is 7.47. The SMILES string of the molecule is CCCC(NC(=O)[C@@H]1CCCN1C(=O)NC(C)C)C(=O)O. The van der Waals surface area contributed by atoms with E-state index in [1.54, 1.807) is 0 Å². The first-order valence-electron chi connectivity index (χ1n) is 7.47. The summed E-state index contributed by atoms with van der Waals surface area (Å²) >= 11 is 0. The van der Waals surface area contributed by atoms with E-state index in [1.807, 2.05) is 20.8 Å². The molecule has 2 atom stereocenters. The molecule has 1 saturated heterocycles. The van der Waals surface area contributed by atoms with E-state index in [0.29, 0.717) is 25.8 Å². The molecule has 3 amide bonds. The Balaban J connectivity index is 2.67. The molecule has 3 N–H and O–H groups in total. The first-order chi connectivity index (χ1) is 9.86. The maximum atomic E-state index is 12.2. The molecule has 0 bridgehead atoms. The Bertz CT molecular complexity index is 398. The molecular formula is C14H25N3O4. The molecule has 7 nitrogen and oxygen atoms in total. The fourth-order valence-electron chi connectivity index (χ4n) is 2.43. The van der Waals surface area contributed by atoms with Crippen LogP contribution in [0.25, 0.3) is 0 Å². The molecular weight excluding hydrogens is 274 g/mol. The van der Waals surface area contributed by atoms with E-state index in [4.69, 9.17) is 5.11 Å². The number of hydrogen-bond acceptors (Lipinski definition) is 3. The van der Waals surface area contributed by atoms with Gasteiger partial charge in [-0.1, -0.05) is 13.3 Å². The molecule has 0 aromatic rings. The van der Waals surface area contributed by atoms with Gasteiger partial charge in [0.25, 0.3) is 0 Å². The highest BCUT2D eigenvalue weighted by molar-refractivity contribution is 5.90. The summed E-state index contributed by atoms with van der Waals surface area (Å²) in [5, 5.41) is 14.4. The van der Waals surface area contributed by atoms with Gasteiger partial charge in [0.15, 0.2) is 0 Å². The standard InChI is InChI=1S/C14H25N3O4/c1-4-6-10(13(19)20)16-12(18)11-7-5-8-17(11)14(21)15-9(2)3/h9-11H,4-8H2,1-3H3,(H,15,21)(H,16,18)(H,19,20)/t10?,11-/m0/s1. The molecule has 120 valence electrons. The Hall–Kier alpha value is -1.79. The summed E-state index contributed by atoms with van der Waals surface area (Å²) in [6.07, 6.45) is 2.36. The third-order valence-electron chi connectivity index (χ3n) is 3.42. The van der Waals surface area contributed by atoms with Crippen LogP contribution in [0.3, 0.4) is 0 Å². The average molecular weight is 299 g/mol. The van der Waals surface area contributed by atoms with Crippen molar-refractivity contribution >= 4 is 17.9 Å². The zero-order valence-electron chi connectivity index (χ0n) is 12.9. The third-order valence-corrected chi connectivity index (χ3v) is 3.42. The lowest BCUT2D eigenvalue weighted by Gasteiger charge is -2.26. The van der Waals surface area contributed by atoms with Crippen LogP contribution in [-0.2, 0) is 9.59 Å². The number of carboxylic acid groups (broad SMARTS) is 1. The highest BCUT2D eigenvalue weighted by Gasteiger charge is 2.35. The van der Waals surface area contributed by atoms with E-state index in [0.717, 1.165) is 6.42 Å². The number of aliphatic carboxylic acids is 1. The maximum absolute atomic E-state index is 12.2. The molecule has 0 aliphatic carbocycles. The van der Waals surface area contributed by atoms with E-state index < -0.39 is 18.1 Å². The molecule has 1 rings (SSSR count). The van der Waals surface area contributed by atoms with Gasteiger partial charge in [-0.3, -0.25) is 4.79 Å². The van der Waals surface area contributed by atoms with Crippen LogP contribution < -0.4 is 10.6 Å². The predicted molar refractivity (Wildman–Crippen MR) is 77.9 cm³/mol. The average Bonchev–Trinajstić information content (AvgIpc) is 2.86. The lowest BCUT2D eigenvalue weighted by molar-refractivity contribution is -0.142. The van der Waals surface area contributed by atoms with Crippen LogP contribution in [0.4, 0.5) is 4.79 Å². The van der Waals surface area contributed by atoms with Gasteiger partial charge < -0.3 is 20.6 Å². The largest absolute Gasteiger partial charge is 0.480 e. The monoisotopic (exact) mass is 299 g/mol. The van der Waals surface area contributed by atoms with E-state index in [2.05, 4.69) is 10.6 Å². The summed E-state index contributed by atoms with van der Waals surface area (Å²) in [6, 6.07) is -1.75. The van der Waals surface area contributed by atoms with E-state index >= 15 is 0 Å². The van der Waals surface area contributed by atoms with Gasteiger partial charge in [-0.15, -0.1) is 0 Å². The molecule has 1 unspecified atom stereocenters. The number of rotatable bonds is 6. The molecule has 0 spiro atoms. The van der Waals surface area contributed by atoms with Crippen molar-refractivity contribution in [1.29, 1.82) is 0 Å². The Morgan fingerprint density at radius 1 is 1.29 bits per heavy atom. The molecule has 1 heterocycles. The normalized spacial score (nSPS) is 19.4. The highest BCUT2D eigenvalue weighted by Crippen LogP contribution is 2.18.